The molecule has 0 aromatic carbocycles. The normalized spacial score (nSPS) is 16.5. The molecule has 0 radical (unpaired) electrons. The molecule has 0 aliphatic rings. The number of allylic oxidation sites excluding steroid dienone is 1. The lowest BCUT2D eigenvalue weighted by Gasteiger charge is -2.34. The van der Waals surface area contributed by atoms with Crippen LogP contribution < -0.4 is 10.6 Å². The van der Waals surface area contributed by atoms with Crippen LogP contribution in [-0.4, -0.2) is 36.9 Å². The Labute approximate surface area is 118 Å². The van der Waals surface area contributed by atoms with Gasteiger partial charge < -0.3 is 5.32 Å². The first-order valence-corrected chi connectivity index (χ1v) is 6.16. The average Bonchev–Trinajstić information content (AvgIpc) is 2.31. The Morgan fingerprint density at radius 2 is 1.67 bits per heavy atom. The van der Waals surface area contributed by atoms with Crippen molar-refractivity contribution >= 4 is 5.91 Å². The standard InChI is InChI=1S/C12H18F6N2O/c1-4-5-8(2)10(3,12(16,17)18)20-6-9(21)19-7-11(13,14)15/h5,20H,4,6-7H2,1-3H3,(H,19,21)/b8-5-. The van der Waals surface area contributed by atoms with E-state index < -0.39 is 36.9 Å². The summed E-state index contributed by atoms with van der Waals surface area (Å²) in [6.45, 7) is 1.28. The molecular weight excluding hydrogens is 302 g/mol. The molecule has 0 bridgehead atoms. The Balaban J connectivity index is 4.81. The summed E-state index contributed by atoms with van der Waals surface area (Å²) in [6, 6.07) is 0. The highest BCUT2D eigenvalue weighted by atomic mass is 19.4. The minimum absolute atomic E-state index is 0.0545. The number of carbonyl (C=O) groups excluding carboxylic acids is 1. The van der Waals surface area contributed by atoms with Crippen molar-refractivity contribution in [3.8, 4) is 0 Å². The maximum Gasteiger partial charge on any atom is 0.410 e. The molecule has 2 N–H and O–H groups in total. The van der Waals surface area contributed by atoms with Gasteiger partial charge in [0.25, 0.3) is 0 Å². The van der Waals surface area contributed by atoms with Gasteiger partial charge in [0.05, 0.1) is 6.54 Å². The van der Waals surface area contributed by atoms with Crippen LogP contribution in [0.5, 0.6) is 0 Å². The second kappa shape index (κ2) is 7.15. The highest BCUT2D eigenvalue weighted by Crippen LogP contribution is 2.35. The van der Waals surface area contributed by atoms with Crippen LogP contribution >= 0.6 is 0 Å². The van der Waals surface area contributed by atoms with E-state index in [0.29, 0.717) is 6.42 Å². The van der Waals surface area contributed by atoms with Gasteiger partial charge in [-0.25, -0.2) is 0 Å². The summed E-state index contributed by atoms with van der Waals surface area (Å²) in [5.74, 6) is -1.16. The fourth-order valence-electron chi connectivity index (χ4n) is 1.49. The van der Waals surface area contributed by atoms with Crippen molar-refractivity contribution in [2.24, 2.45) is 0 Å². The number of hydrogen-bond donors (Lipinski definition) is 2. The van der Waals surface area contributed by atoms with Gasteiger partial charge in [-0.3, -0.25) is 10.1 Å². The van der Waals surface area contributed by atoms with Crippen LogP contribution in [0.15, 0.2) is 11.6 Å². The minimum Gasteiger partial charge on any atom is -0.346 e. The molecule has 1 amide bonds. The fraction of sp³-hybridized carbons (Fsp3) is 0.750. The maximum atomic E-state index is 13.1. The first-order valence-electron chi connectivity index (χ1n) is 6.16. The first kappa shape index (κ1) is 19.8. The first-order chi connectivity index (χ1) is 9.33. The fourth-order valence-corrected chi connectivity index (χ4v) is 1.49. The topological polar surface area (TPSA) is 41.1 Å². The number of carbonyl (C=O) groups is 1. The zero-order valence-electron chi connectivity index (χ0n) is 11.9. The summed E-state index contributed by atoms with van der Waals surface area (Å²) < 4.78 is 74.9. The van der Waals surface area contributed by atoms with Crippen molar-refractivity contribution in [3.05, 3.63) is 11.6 Å². The van der Waals surface area contributed by atoms with Crippen LogP contribution in [0.4, 0.5) is 26.3 Å². The molecule has 0 fully saturated rings. The summed E-state index contributed by atoms with van der Waals surface area (Å²) in [6.07, 6.45) is -7.60. The van der Waals surface area contributed by atoms with Crippen LogP contribution in [0.3, 0.4) is 0 Å². The van der Waals surface area contributed by atoms with E-state index in [1.807, 2.05) is 5.32 Å². The number of alkyl halides is 6. The van der Waals surface area contributed by atoms with Gasteiger partial charge >= 0.3 is 12.4 Å². The molecule has 1 atom stereocenters. The molecular formula is C12H18F6N2O. The van der Waals surface area contributed by atoms with Gasteiger partial charge in [-0.1, -0.05) is 13.0 Å². The summed E-state index contributed by atoms with van der Waals surface area (Å²) >= 11 is 0. The third-order valence-corrected chi connectivity index (χ3v) is 2.95. The zero-order valence-corrected chi connectivity index (χ0v) is 11.9. The van der Waals surface area contributed by atoms with Gasteiger partial charge in [0.1, 0.15) is 12.1 Å². The van der Waals surface area contributed by atoms with Crippen molar-refractivity contribution in [1.29, 1.82) is 0 Å². The number of amides is 1. The van der Waals surface area contributed by atoms with Crippen molar-refractivity contribution in [1.82, 2.24) is 10.6 Å². The van der Waals surface area contributed by atoms with E-state index in [-0.39, 0.29) is 5.57 Å². The molecule has 0 aliphatic carbocycles. The van der Waals surface area contributed by atoms with Gasteiger partial charge in [-0.2, -0.15) is 26.3 Å². The second-order valence-corrected chi connectivity index (χ2v) is 4.66. The van der Waals surface area contributed by atoms with Crippen molar-refractivity contribution < 1.29 is 31.1 Å². The molecule has 0 aliphatic heterocycles. The summed E-state index contributed by atoms with van der Waals surface area (Å²) in [5, 5.41) is 3.49. The Bertz CT molecular complexity index is 388. The summed E-state index contributed by atoms with van der Waals surface area (Å²) in [5.41, 5.74) is -2.53. The van der Waals surface area contributed by atoms with E-state index in [1.165, 1.54) is 18.3 Å². The zero-order chi connectivity index (χ0) is 16.9. The van der Waals surface area contributed by atoms with E-state index in [1.54, 1.807) is 6.92 Å². The van der Waals surface area contributed by atoms with Gasteiger partial charge in [0.15, 0.2) is 0 Å². The Morgan fingerprint density at radius 3 is 2.05 bits per heavy atom. The van der Waals surface area contributed by atoms with E-state index in [9.17, 15) is 31.1 Å². The number of hydrogen-bond acceptors (Lipinski definition) is 2. The quantitative estimate of drug-likeness (QED) is 0.584. The van der Waals surface area contributed by atoms with E-state index in [4.69, 9.17) is 0 Å². The third-order valence-electron chi connectivity index (χ3n) is 2.95. The monoisotopic (exact) mass is 320 g/mol. The largest absolute Gasteiger partial charge is 0.410 e. The average molecular weight is 320 g/mol. The van der Waals surface area contributed by atoms with Crippen molar-refractivity contribution in [2.45, 2.75) is 45.1 Å². The summed E-state index contributed by atoms with van der Waals surface area (Å²) in [7, 11) is 0. The number of nitrogens with one attached hydrogen (secondary N) is 2. The maximum absolute atomic E-state index is 13.1. The Morgan fingerprint density at radius 1 is 1.14 bits per heavy atom. The van der Waals surface area contributed by atoms with Gasteiger partial charge in [0, 0.05) is 0 Å². The predicted molar refractivity (Wildman–Crippen MR) is 65.6 cm³/mol. The lowest BCUT2D eigenvalue weighted by atomic mass is 9.91. The minimum atomic E-state index is -4.69. The van der Waals surface area contributed by atoms with Gasteiger partial charge in [0.2, 0.25) is 5.91 Å². The van der Waals surface area contributed by atoms with Gasteiger partial charge in [-0.05, 0) is 25.8 Å². The lowest BCUT2D eigenvalue weighted by molar-refractivity contribution is -0.180. The van der Waals surface area contributed by atoms with Crippen LogP contribution in [0.2, 0.25) is 0 Å². The highest BCUT2D eigenvalue weighted by Gasteiger charge is 2.52. The summed E-state index contributed by atoms with van der Waals surface area (Å²) in [4.78, 5) is 11.2. The Kier molecular flexibility index (Phi) is 6.72. The molecule has 0 saturated heterocycles. The molecule has 0 rings (SSSR count). The van der Waals surface area contributed by atoms with E-state index in [0.717, 1.165) is 6.92 Å². The molecule has 0 spiro atoms. The van der Waals surface area contributed by atoms with Crippen molar-refractivity contribution in [2.75, 3.05) is 13.1 Å². The SMILES string of the molecule is CC/C=C(/C)C(C)(NCC(=O)NCC(F)(F)F)C(F)(F)F. The van der Waals surface area contributed by atoms with Crippen LogP contribution in [0.25, 0.3) is 0 Å². The molecule has 21 heavy (non-hydrogen) atoms. The Hall–Kier alpha value is -1.25. The molecule has 0 saturated carbocycles. The molecule has 0 aromatic heterocycles. The van der Waals surface area contributed by atoms with Gasteiger partial charge in [-0.15, -0.1) is 0 Å². The molecule has 0 heterocycles. The highest BCUT2D eigenvalue weighted by molar-refractivity contribution is 5.78. The number of halogens is 6. The van der Waals surface area contributed by atoms with Crippen LogP contribution in [0.1, 0.15) is 27.2 Å². The lowest BCUT2D eigenvalue weighted by Crippen LogP contribution is -2.57. The molecule has 1 unspecified atom stereocenters. The number of rotatable bonds is 6. The molecule has 124 valence electrons. The molecule has 0 aromatic rings. The van der Waals surface area contributed by atoms with Crippen LogP contribution in [-0.2, 0) is 4.79 Å². The molecule has 3 nitrogen and oxygen atoms in total. The molecule has 9 heteroatoms. The third kappa shape index (κ3) is 6.36. The van der Waals surface area contributed by atoms with E-state index >= 15 is 0 Å². The smallest absolute Gasteiger partial charge is 0.346 e. The predicted octanol–water partition coefficient (Wildman–Crippen LogP) is 2.93. The van der Waals surface area contributed by atoms with Crippen molar-refractivity contribution in [3.63, 3.8) is 0 Å². The second-order valence-electron chi connectivity index (χ2n) is 4.66. The van der Waals surface area contributed by atoms with Crippen LogP contribution in [0, 0.1) is 0 Å². The van der Waals surface area contributed by atoms with E-state index in [2.05, 4.69) is 0 Å².